The molecule has 0 aromatic rings. The molecule has 0 heterocycles. The number of amidine groups is 1. The van der Waals surface area contributed by atoms with E-state index in [1.807, 2.05) is 0 Å². The third kappa shape index (κ3) is 1.99. The zero-order chi connectivity index (χ0) is 12.6. The lowest BCUT2D eigenvalue weighted by Crippen LogP contribution is -2.38. The van der Waals surface area contributed by atoms with Crippen molar-refractivity contribution >= 4 is 11.7 Å². The number of hydrogen-bond donors (Lipinski definition) is 3. The molecule has 2 bridgehead atoms. The third-order valence-electron chi connectivity index (χ3n) is 3.88. The van der Waals surface area contributed by atoms with E-state index in [2.05, 4.69) is 4.99 Å². The number of nitrogens with two attached hydrogens (primary N) is 3. The Kier molecular flexibility index (Phi) is 3.04. The second-order valence-electron chi connectivity index (χ2n) is 4.78. The van der Waals surface area contributed by atoms with Crippen LogP contribution in [0.5, 0.6) is 0 Å². The van der Waals surface area contributed by atoms with E-state index in [0.717, 1.165) is 25.5 Å². The van der Waals surface area contributed by atoms with Gasteiger partial charge in [-0.3, -0.25) is 9.79 Å². The van der Waals surface area contributed by atoms with E-state index in [4.69, 9.17) is 17.2 Å². The molecule has 0 aromatic heterocycles. The first-order valence-corrected chi connectivity index (χ1v) is 5.75. The lowest BCUT2D eigenvalue weighted by Gasteiger charge is -2.25. The van der Waals surface area contributed by atoms with Crippen molar-refractivity contribution < 1.29 is 9.18 Å². The summed E-state index contributed by atoms with van der Waals surface area (Å²) in [5.74, 6) is -1.09. The molecule has 0 spiro atoms. The highest BCUT2D eigenvalue weighted by Gasteiger charge is 2.50. The smallest absolute Gasteiger partial charge is 0.222 e. The van der Waals surface area contributed by atoms with E-state index in [9.17, 15) is 9.18 Å². The molecule has 0 saturated heterocycles. The molecule has 6 heteroatoms. The number of fused-ring (bicyclic) bond motifs is 2. The Bertz CT molecular complexity index is 393. The average Bonchev–Trinajstić information content (AvgIpc) is 2.87. The molecule has 94 valence electrons. The van der Waals surface area contributed by atoms with Crippen molar-refractivity contribution in [3.05, 3.63) is 12.0 Å². The number of primary amides is 1. The molecular weight excluding hydrogens is 223 g/mol. The van der Waals surface area contributed by atoms with E-state index in [1.165, 1.54) is 0 Å². The first kappa shape index (κ1) is 11.9. The van der Waals surface area contributed by atoms with Crippen LogP contribution in [-0.4, -0.2) is 17.8 Å². The highest BCUT2D eigenvalue weighted by atomic mass is 19.1. The summed E-state index contributed by atoms with van der Waals surface area (Å²) in [6, 6.07) is -0.281. The fraction of sp³-hybridized carbons (Fsp3) is 0.636. The summed E-state index contributed by atoms with van der Waals surface area (Å²) in [6.07, 6.45) is 3.71. The van der Waals surface area contributed by atoms with Gasteiger partial charge in [0.1, 0.15) is 0 Å². The lowest BCUT2D eigenvalue weighted by atomic mass is 9.84. The van der Waals surface area contributed by atoms with Gasteiger partial charge < -0.3 is 17.2 Å². The molecule has 4 atom stereocenters. The monoisotopic (exact) mass is 240 g/mol. The average molecular weight is 240 g/mol. The van der Waals surface area contributed by atoms with Gasteiger partial charge in [-0.25, -0.2) is 4.39 Å². The number of nitrogens with zero attached hydrogens (tertiary/aromatic N) is 1. The van der Waals surface area contributed by atoms with Gasteiger partial charge in [0.25, 0.3) is 0 Å². The molecule has 2 aliphatic rings. The van der Waals surface area contributed by atoms with Gasteiger partial charge in [0, 0.05) is 6.20 Å². The van der Waals surface area contributed by atoms with E-state index in [1.54, 1.807) is 0 Å². The predicted octanol–water partition coefficient (Wildman–Crippen LogP) is 0.0132. The summed E-state index contributed by atoms with van der Waals surface area (Å²) in [4.78, 5) is 15.5. The maximum Gasteiger partial charge on any atom is 0.222 e. The Balaban J connectivity index is 2.22. The van der Waals surface area contributed by atoms with Gasteiger partial charge >= 0.3 is 0 Å². The van der Waals surface area contributed by atoms with Crippen LogP contribution < -0.4 is 17.2 Å². The fourth-order valence-corrected chi connectivity index (χ4v) is 3.16. The number of amides is 1. The van der Waals surface area contributed by atoms with Crippen LogP contribution in [0.1, 0.15) is 19.3 Å². The van der Waals surface area contributed by atoms with Gasteiger partial charge in [-0.1, -0.05) is 0 Å². The van der Waals surface area contributed by atoms with Crippen LogP contribution in [0.25, 0.3) is 0 Å². The van der Waals surface area contributed by atoms with E-state index >= 15 is 0 Å². The fourth-order valence-electron chi connectivity index (χ4n) is 3.16. The molecule has 2 saturated carbocycles. The van der Waals surface area contributed by atoms with E-state index in [-0.39, 0.29) is 29.6 Å². The molecule has 17 heavy (non-hydrogen) atoms. The molecule has 2 unspecified atom stereocenters. The van der Waals surface area contributed by atoms with Crippen molar-refractivity contribution in [1.82, 2.24) is 0 Å². The van der Waals surface area contributed by atoms with Gasteiger partial charge in [0.05, 0.1) is 12.0 Å². The van der Waals surface area contributed by atoms with Gasteiger partial charge in [0.15, 0.2) is 11.7 Å². The molecule has 1 amide bonds. The van der Waals surface area contributed by atoms with E-state index in [0.29, 0.717) is 5.92 Å². The molecule has 2 fully saturated rings. The highest BCUT2D eigenvalue weighted by Crippen LogP contribution is 2.49. The summed E-state index contributed by atoms with van der Waals surface area (Å²) in [6.45, 7) is 0. The van der Waals surface area contributed by atoms with Crippen molar-refractivity contribution in [2.75, 3.05) is 0 Å². The first-order valence-electron chi connectivity index (χ1n) is 5.75. The van der Waals surface area contributed by atoms with Gasteiger partial charge in [0.2, 0.25) is 5.91 Å². The van der Waals surface area contributed by atoms with Crippen LogP contribution >= 0.6 is 0 Å². The van der Waals surface area contributed by atoms with Gasteiger partial charge in [-0.2, -0.15) is 0 Å². The minimum Gasteiger partial charge on any atom is -0.402 e. The molecule has 2 aliphatic carbocycles. The van der Waals surface area contributed by atoms with Crippen molar-refractivity contribution in [3.8, 4) is 0 Å². The van der Waals surface area contributed by atoms with Crippen LogP contribution in [0, 0.1) is 17.8 Å². The molecule has 5 nitrogen and oxygen atoms in total. The SMILES string of the molecule is N/C=C(/F)C(N)=N[C@@H]1C2CCC(C2)[C@@H]1C(N)=O. The summed E-state index contributed by atoms with van der Waals surface area (Å²) in [5.41, 5.74) is 15.9. The Hall–Kier alpha value is -1.59. The normalized spacial score (nSPS) is 37.5. The molecule has 6 N–H and O–H groups in total. The number of halogens is 1. The van der Waals surface area contributed by atoms with Crippen molar-refractivity contribution in [1.29, 1.82) is 0 Å². The number of carbonyl (C=O) groups excluding carboxylic acids is 1. The van der Waals surface area contributed by atoms with Gasteiger partial charge in [-0.05, 0) is 31.1 Å². The molecule has 2 rings (SSSR count). The number of hydrogen-bond acceptors (Lipinski definition) is 3. The number of rotatable bonds is 3. The van der Waals surface area contributed by atoms with Crippen LogP contribution in [0.4, 0.5) is 4.39 Å². The largest absolute Gasteiger partial charge is 0.402 e. The van der Waals surface area contributed by atoms with Crippen LogP contribution in [0.2, 0.25) is 0 Å². The molecule has 0 aliphatic heterocycles. The Morgan fingerprint density at radius 3 is 2.53 bits per heavy atom. The zero-order valence-electron chi connectivity index (χ0n) is 9.47. The Morgan fingerprint density at radius 2 is 1.94 bits per heavy atom. The van der Waals surface area contributed by atoms with E-state index < -0.39 is 5.83 Å². The lowest BCUT2D eigenvalue weighted by molar-refractivity contribution is -0.123. The highest BCUT2D eigenvalue weighted by molar-refractivity contribution is 5.95. The Morgan fingerprint density at radius 1 is 1.29 bits per heavy atom. The zero-order valence-corrected chi connectivity index (χ0v) is 9.47. The first-order chi connectivity index (χ1) is 8.04. The van der Waals surface area contributed by atoms with Crippen molar-refractivity contribution in [2.45, 2.75) is 25.3 Å². The van der Waals surface area contributed by atoms with Crippen LogP contribution in [0.15, 0.2) is 17.0 Å². The standard InChI is InChI=1S/C11H17FN4O/c12-7(4-13)10(14)16-9-6-2-1-5(3-6)8(9)11(15)17/h4-6,8-9H,1-3,13H2,(H2,14,16)(H2,15,17)/b7-4+/t5?,6?,8-,9+/m0/s1. The molecular formula is C11H17FN4O. The number of carbonyl (C=O) groups is 1. The quantitative estimate of drug-likeness (QED) is 0.477. The summed E-state index contributed by atoms with van der Waals surface area (Å²) >= 11 is 0. The minimum atomic E-state index is -0.754. The molecule has 0 radical (unpaired) electrons. The number of aliphatic imine (C=N–C) groups is 1. The summed E-state index contributed by atoms with van der Waals surface area (Å²) in [7, 11) is 0. The van der Waals surface area contributed by atoms with Gasteiger partial charge in [-0.15, -0.1) is 0 Å². The summed E-state index contributed by atoms with van der Waals surface area (Å²) < 4.78 is 13.1. The van der Waals surface area contributed by atoms with Crippen LogP contribution in [-0.2, 0) is 4.79 Å². The maximum absolute atomic E-state index is 13.1. The maximum atomic E-state index is 13.1. The third-order valence-corrected chi connectivity index (χ3v) is 3.88. The second-order valence-corrected chi connectivity index (χ2v) is 4.78. The molecule has 0 aromatic carbocycles. The van der Waals surface area contributed by atoms with Crippen LogP contribution in [0.3, 0.4) is 0 Å². The summed E-state index contributed by atoms with van der Waals surface area (Å²) in [5, 5.41) is 0. The predicted molar refractivity (Wildman–Crippen MR) is 62.3 cm³/mol. The van der Waals surface area contributed by atoms with Crippen molar-refractivity contribution in [3.63, 3.8) is 0 Å². The van der Waals surface area contributed by atoms with Crippen molar-refractivity contribution in [2.24, 2.45) is 39.9 Å². The topological polar surface area (TPSA) is 107 Å². The minimum absolute atomic E-state index is 0.240. The Labute approximate surface area is 98.9 Å². The second kappa shape index (κ2) is 4.35.